The van der Waals surface area contributed by atoms with E-state index in [2.05, 4.69) is 42.2 Å². The van der Waals surface area contributed by atoms with Crippen LogP contribution < -0.4 is 15.8 Å². The van der Waals surface area contributed by atoms with E-state index in [4.69, 9.17) is 4.99 Å². The van der Waals surface area contributed by atoms with Gasteiger partial charge in [0.05, 0.1) is 11.7 Å². The smallest absolute Gasteiger partial charge is 0.299 e. The number of hydrogen-bond donors (Lipinski definition) is 1. The van der Waals surface area contributed by atoms with Gasteiger partial charge in [-0.25, -0.2) is 4.99 Å². The van der Waals surface area contributed by atoms with E-state index in [1.807, 2.05) is 67.6 Å². The van der Waals surface area contributed by atoms with Crippen LogP contribution in [0.15, 0.2) is 132 Å². The summed E-state index contributed by atoms with van der Waals surface area (Å²) in [5, 5.41) is 7.85. The Morgan fingerprint density at radius 2 is 1.55 bits per heavy atom. The first-order valence-corrected chi connectivity index (χ1v) is 14.0. The molecule has 5 aromatic rings. The molecule has 1 N–H and O–H groups in total. The molecule has 0 aromatic heterocycles. The molecule has 2 aliphatic rings. The number of fused-ring (bicyclic) bond motifs is 4. The zero-order chi connectivity index (χ0) is 28.8. The summed E-state index contributed by atoms with van der Waals surface area (Å²) in [4.78, 5) is 4.96. The van der Waals surface area contributed by atoms with Crippen molar-refractivity contribution in [2.45, 2.75) is 18.9 Å². The van der Waals surface area contributed by atoms with Crippen molar-refractivity contribution in [1.29, 1.82) is 0 Å². The van der Waals surface area contributed by atoms with Crippen LogP contribution in [0, 0.1) is 0 Å². The second-order valence-electron chi connectivity index (χ2n) is 10.8. The minimum Gasteiger partial charge on any atom is -0.359 e. The first-order valence-electron chi connectivity index (χ1n) is 14.0. The molecule has 5 aromatic carbocycles. The average molecular weight is 551 g/mol. The number of nitrogens with zero attached hydrogens (tertiary/aromatic N) is 1. The minimum absolute atomic E-state index is 0.0206. The SMILES string of the molecule is C=c1cccc/c1=C/C=C(\C)C1=NC(c2ccc3c(c2)C(F)(F)c2ccccc2-3)=CC(c2ccc3ccccc3c2)N1. The third-order valence-electron chi connectivity index (χ3n) is 8.13. The molecule has 1 atom stereocenters. The molecule has 0 radical (unpaired) electrons. The molecule has 7 rings (SSSR count). The lowest BCUT2D eigenvalue weighted by atomic mass is 9.96. The van der Waals surface area contributed by atoms with Gasteiger partial charge < -0.3 is 5.32 Å². The van der Waals surface area contributed by atoms with Crippen LogP contribution >= 0.6 is 0 Å². The lowest BCUT2D eigenvalue weighted by molar-refractivity contribution is 0.0480. The van der Waals surface area contributed by atoms with Crippen LogP contribution in [0.4, 0.5) is 8.78 Å². The van der Waals surface area contributed by atoms with Gasteiger partial charge in [0.15, 0.2) is 0 Å². The van der Waals surface area contributed by atoms with Gasteiger partial charge in [0.25, 0.3) is 5.92 Å². The predicted octanol–water partition coefficient (Wildman–Crippen LogP) is 7.88. The maximum atomic E-state index is 15.6. The van der Waals surface area contributed by atoms with Gasteiger partial charge in [-0.2, -0.15) is 8.78 Å². The fraction of sp³-hybridized carbons (Fsp3) is 0.0789. The third-order valence-corrected chi connectivity index (χ3v) is 8.13. The molecule has 0 amide bonds. The summed E-state index contributed by atoms with van der Waals surface area (Å²) in [5.41, 5.74) is 4.53. The molecule has 2 nitrogen and oxygen atoms in total. The normalized spacial score (nSPS) is 17.7. The van der Waals surface area contributed by atoms with Crippen molar-refractivity contribution in [3.05, 3.63) is 160 Å². The standard InChI is InChI=1S/C38H28F2N2/c1-24-9-3-4-10-26(24)16-15-25(2)37-41-35(29-18-17-27-11-5-6-12-28(27)21-29)23-36(42-37)30-19-20-32-31-13-7-8-14-33(31)38(39,40)34(32)22-30/h3-23,35H,1H2,2H3,(H,41,42)/b25-15+,26-16-. The number of aliphatic imine (C=N–C) groups is 1. The Hall–Kier alpha value is -5.09. The highest BCUT2D eigenvalue weighted by Gasteiger charge is 2.44. The van der Waals surface area contributed by atoms with Crippen LogP contribution in [0.5, 0.6) is 0 Å². The lowest BCUT2D eigenvalue weighted by Crippen LogP contribution is -2.31. The molecule has 1 aliphatic heterocycles. The number of hydrogen-bond acceptors (Lipinski definition) is 2. The molecule has 0 spiro atoms. The number of amidine groups is 1. The summed E-state index contributed by atoms with van der Waals surface area (Å²) in [7, 11) is 0. The number of halogens is 2. The van der Waals surface area contributed by atoms with E-state index in [-0.39, 0.29) is 17.2 Å². The van der Waals surface area contributed by atoms with Gasteiger partial charge in [-0.15, -0.1) is 0 Å². The molecule has 1 unspecified atom stereocenters. The van der Waals surface area contributed by atoms with Crippen LogP contribution in [0.1, 0.15) is 35.2 Å². The molecule has 1 heterocycles. The summed E-state index contributed by atoms with van der Waals surface area (Å²) in [6.45, 7) is 6.12. The van der Waals surface area contributed by atoms with E-state index in [1.165, 1.54) is 6.07 Å². The van der Waals surface area contributed by atoms with Crippen molar-refractivity contribution >= 4 is 35.0 Å². The summed E-state index contributed by atoms with van der Waals surface area (Å²) in [6, 6.07) is 34.4. The van der Waals surface area contributed by atoms with Crippen LogP contribution in [0.2, 0.25) is 0 Å². The van der Waals surface area contributed by atoms with Crippen LogP contribution in [0.25, 0.3) is 40.3 Å². The van der Waals surface area contributed by atoms with Crippen molar-refractivity contribution in [3.63, 3.8) is 0 Å². The fourth-order valence-corrected chi connectivity index (χ4v) is 5.81. The number of allylic oxidation sites excluding steroid dienone is 1. The maximum Gasteiger partial charge on any atom is 0.299 e. The topological polar surface area (TPSA) is 24.4 Å². The van der Waals surface area contributed by atoms with Crippen molar-refractivity contribution < 1.29 is 8.78 Å². The van der Waals surface area contributed by atoms with Gasteiger partial charge in [0.2, 0.25) is 0 Å². The Labute approximate surface area is 243 Å². The Kier molecular flexibility index (Phi) is 6.20. The summed E-state index contributed by atoms with van der Waals surface area (Å²) >= 11 is 0. The molecule has 204 valence electrons. The maximum absolute atomic E-state index is 15.6. The van der Waals surface area contributed by atoms with E-state index in [9.17, 15) is 0 Å². The summed E-state index contributed by atoms with van der Waals surface area (Å²) < 4.78 is 31.2. The second kappa shape index (κ2) is 10.1. The highest BCUT2D eigenvalue weighted by molar-refractivity contribution is 6.03. The number of benzene rings is 5. The highest BCUT2D eigenvalue weighted by Crippen LogP contribution is 2.51. The van der Waals surface area contributed by atoms with Gasteiger partial charge in [0, 0.05) is 16.7 Å². The van der Waals surface area contributed by atoms with Crippen molar-refractivity contribution in [1.82, 2.24) is 5.32 Å². The predicted molar refractivity (Wildman–Crippen MR) is 170 cm³/mol. The monoisotopic (exact) mass is 550 g/mol. The Morgan fingerprint density at radius 3 is 2.40 bits per heavy atom. The summed E-state index contributed by atoms with van der Waals surface area (Å²) in [6.07, 6.45) is 6.07. The first kappa shape index (κ1) is 25.8. The van der Waals surface area contributed by atoms with E-state index >= 15 is 8.78 Å². The van der Waals surface area contributed by atoms with Crippen LogP contribution in [0.3, 0.4) is 0 Å². The zero-order valence-electron chi connectivity index (χ0n) is 23.1. The van der Waals surface area contributed by atoms with E-state index in [1.54, 1.807) is 30.3 Å². The third kappa shape index (κ3) is 4.46. The summed E-state index contributed by atoms with van der Waals surface area (Å²) in [5.74, 6) is -2.37. The molecule has 4 heteroatoms. The number of alkyl halides is 2. The molecule has 0 saturated carbocycles. The Balaban J connectivity index is 1.34. The minimum atomic E-state index is -3.06. The van der Waals surface area contributed by atoms with E-state index < -0.39 is 5.92 Å². The zero-order valence-corrected chi connectivity index (χ0v) is 23.1. The average Bonchev–Trinajstić information content (AvgIpc) is 3.26. The van der Waals surface area contributed by atoms with E-state index in [0.717, 1.165) is 32.3 Å². The van der Waals surface area contributed by atoms with Crippen molar-refractivity contribution in [2.24, 2.45) is 4.99 Å². The quantitative estimate of drug-likeness (QED) is 0.242. The largest absolute Gasteiger partial charge is 0.359 e. The molecule has 0 bridgehead atoms. The molecule has 0 saturated heterocycles. The van der Waals surface area contributed by atoms with E-state index in [0.29, 0.717) is 28.2 Å². The van der Waals surface area contributed by atoms with Gasteiger partial charge in [-0.1, -0.05) is 116 Å². The highest BCUT2D eigenvalue weighted by atomic mass is 19.3. The second-order valence-corrected chi connectivity index (χ2v) is 10.8. The van der Waals surface area contributed by atoms with Gasteiger partial charge in [-0.05, 0) is 68.6 Å². The lowest BCUT2D eigenvalue weighted by Gasteiger charge is -2.25. The van der Waals surface area contributed by atoms with Crippen molar-refractivity contribution in [3.8, 4) is 11.1 Å². The Morgan fingerprint density at radius 1 is 0.810 bits per heavy atom. The van der Waals surface area contributed by atoms with Gasteiger partial charge in [0.1, 0.15) is 5.84 Å². The van der Waals surface area contributed by atoms with Crippen LogP contribution in [-0.2, 0) is 5.92 Å². The molecule has 1 aliphatic carbocycles. The molecule has 42 heavy (non-hydrogen) atoms. The molecular weight excluding hydrogens is 522 g/mol. The first-order chi connectivity index (χ1) is 20.4. The molecular formula is C38H28F2N2. The van der Waals surface area contributed by atoms with Gasteiger partial charge >= 0.3 is 0 Å². The van der Waals surface area contributed by atoms with Gasteiger partial charge in [-0.3, -0.25) is 0 Å². The Bertz CT molecular complexity index is 2080. The number of nitrogens with one attached hydrogen (secondary N) is 1. The fourth-order valence-electron chi connectivity index (χ4n) is 5.81. The van der Waals surface area contributed by atoms with Crippen molar-refractivity contribution in [2.75, 3.05) is 0 Å². The number of rotatable bonds is 4. The van der Waals surface area contributed by atoms with Crippen LogP contribution in [-0.4, -0.2) is 5.84 Å². The molecule has 0 fully saturated rings.